The molecular weight excluding hydrogens is 398 g/mol. The molecule has 0 bridgehead atoms. The maximum Gasteiger partial charge on any atom is 0.348 e. The van der Waals surface area contributed by atoms with Crippen LogP contribution in [0.5, 0.6) is 0 Å². The van der Waals surface area contributed by atoms with Gasteiger partial charge in [0, 0.05) is 5.56 Å². The van der Waals surface area contributed by atoms with Gasteiger partial charge in [-0.1, -0.05) is 42.1 Å². The number of hydrogen-bond donors (Lipinski definition) is 2. The first-order valence-electron chi connectivity index (χ1n) is 8.28. The first-order chi connectivity index (χ1) is 13.6. The third kappa shape index (κ3) is 3.43. The lowest BCUT2D eigenvalue weighted by atomic mass is 10.2. The van der Waals surface area contributed by atoms with E-state index in [0.717, 1.165) is 16.9 Å². The van der Waals surface area contributed by atoms with E-state index in [4.69, 9.17) is 4.74 Å². The van der Waals surface area contributed by atoms with Crippen molar-refractivity contribution in [1.29, 1.82) is 0 Å². The van der Waals surface area contributed by atoms with Crippen molar-refractivity contribution in [2.45, 2.75) is 17.8 Å². The van der Waals surface area contributed by atoms with Crippen LogP contribution in [-0.4, -0.2) is 38.2 Å². The first kappa shape index (κ1) is 18.4. The van der Waals surface area contributed by atoms with E-state index in [1.807, 2.05) is 30.3 Å². The highest BCUT2D eigenvalue weighted by Gasteiger charge is 2.19. The largest absolute Gasteiger partial charge is 0.465 e. The highest BCUT2D eigenvalue weighted by molar-refractivity contribution is 7.98. The lowest BCUT2D eigenvalue weighted by Crippen LogP contribution is -2.11. The van der Waals surface area contributed by atoms with Crippen LogP contribution in [0.3, 0.4) is 0 Å². The topological polar surface area (TPSA) is 114 Å². The van der Waals surface area contributed by atoms with Gasteiger partial charge in [0.25, 0.3) is 5.56 Å². The molecule has 3 heterocycles. The van der Waals surface area contributed by atoms with Crippen molar-refractivity contribution in [2.75, 3.05) is 7.11 Å². The summed E-state index contributed by atoms with van der Waals surface area (Å²) in [5, 5.41) is 8.07. The van der Waals surface area contributed by atoms with E-state index in [1.165, 1.54) is 18.9 Å². The third-order valence-electron chi connectivity index (χ3n) is 4.07. The smallest absolute Gasteiger partial charge is 0.348 e. The maximum atomic E-state index is 12.5. The molecule has 28 heavy (non-hydrogen) atoms. The maximum absolute atomic E-state index is 12.5. The fourth-order valence-corrected chi connectivity index (χ4v) is 4.50. The summed E-state index contributed by atoms with van der Waals surface area (Å²) in [4.78, 5) is 36.9. The number of fused-ring (bicyclic) bond motifs is 1. The molecule has 8 nitrogen and oxygen atoms in total. The molecule has 0 aliphatic heterocycles. The molecule has 0 unspecified atom stereocenters. The molecule has 1 aromatic carbocycles. The molecule has 0 atom stereocenters. The molecule has 10 heteroatoms. The second kappa shape index (κ2) is 7.56. The minimum atomic E-state index is -0.468. The molecule has 0 spiro atoms. The van der Waals surface area contributed by atoms with E-state index in [0.29, 0.717) is 43.2 Å². The van der Waals surface area contributed by atoms with Crippen molar-refractivity contribution in [3.63, 3.8) is 0 Å². The number of methoxy groups -OCH3 is 1. The molecule has 2 N–H and O–H groups in total. The number of benzene rings is 1. The summed E-state index contributed by atoms with van der Waals surface area (Å²) >= 11 is 2.51. The Labute approximate surface area is 167 Å². The number of thioether (sulfide) groups is 1. The summed E-state index contributed by atoms with van der Waals surface area (Å²) in [6.07, 6.45) is 0. The monoisotopic (exact) mass is 413 g/mol. The molecular formula is C18H15N5O3S2. The Balaban J connectivity index is 1.56. The van der Waals surface area contributed by atoms with Gasteiger partial charge in [0.05, 0.1) is 18.2 Å². The van der Waals surface area contributed by atoms with E-state index < -0.39 is 5.97 Å². The molecule has 0 aliphatic rings. The van der Waals surface area contributed by atoms with Gasteiger partial charge in [0.2, 0.25) is 5.16 Å². The van der Waals surface area contributed by atoms with E-state index in [-0.39, 0.29) is 5.56 Å². The van der Waals surface area contributed by atoms with Crippen molar-refractivity contribution in [1.82, 2.24) is 25.1 Å². The lowest BCUT2D eigenvalue weighted by Gasteiger charge is -1.99. The van der Waals surface area contributed by atoms with Crippen molar-refractivity contribution in [3.8, 4) is 11.4 Å². The molecule has 0 amide bonds. The molecule has 0 fully saturated rings. The average Bonchev–Trinajstić information content (AvgIpc) is 3.31. The van der Waals surface area contributed by atoms with E-state index >= 15 is 0 Å². The van der Waals surface area contributed by atoms with E-state index in [2.05, 4.69) is 25.1 Å². The fraction of sp³-hybridized carbons (Fsp3) is 0.167. The molecule has 4 aromatic rings. The molecule has 3 aromatic heterocycles. The Morgan fingerprint density at radius 2 is 2.04 bits per heavy atom. The number of nitrogens with one attached hydrogen (secondary N) is 2. The molecule has 4 rings (SSSR count). The Morgan fingerprint density at radius 3 is 2.79 bits per heavy atom. The van der Waals surface area contributed by atoms with Gasteiger partial charge < -0.3 is 9.72 Å². The van der Waals surface area contributed by atoms with Crippen LogP contribution < -0.4 is 5.56 Å². The predicted molar refractivity (Wildman–Crippen MR) is 108 cm³/mol. The third-order valence-corrected chi connectivity index (χ3v) is 6.09. The fourth-order valence-electron chi connectivity index (χ4n) is 2.71. The molecule has 0 saturated heterocycles. The number of aryl methyl sites for hydroxylation is 1. The highest BCUT2D eigenvalue weighted by Crippen LogP contribution is 2.28. The number of nitrogens with zero attached hydrogens (tertiary/aromatic N) is 3. The van der Waals surface area contributed by atoms with Gasteiger partial charge in [-0.25, -0.2) is 14.8 Å². The molecule has 142 valence electrons. The number of aromatic nitrogens is 5. The number of H-pyrrole nitrogens is 2. The standard InChI is InChI=1S/C18H15N5O3S2/c1-9-12-15(24)19-11(20-16(12)28-13(9)17(25)26-2)8-27-18-21-14(22-23-18)10-6-4-3-5-7-10/h3-7H,8H2,1-2H3,(H,19,20,24)(H,21,22,23). The van der Waals surface area contributed by atoms with Gasteiger partial charge in [-0.2, -0.15) is 0 Å². The van der Waals surface area contributed by atoms with Crippen LogP contribution in [0.25, 0.3) is 21.6 Å². The summed E-state index contributed by atoms with van der Waals surface area (Å²) in [6, 6.07) is 9.69. The number of rotatable bonds is 5. The van der Waals surface area contributed by atoms with Gasteiger partial charge in [-0.3, -0.25) is 9.89 Å². The van der Waals surface area contributed by atoms with Crippen LogP contribution in [-0.2, 0) is 10.5 Å². The number of hydrogen-bond acceptors (Lipinski definition) is 8. The Kier molecular flexibility index (Phi) is 4.97. The molecule has 0 saturated carbocycles. The molecule has 0 aliphatic carbocycles. The van der Waals surface area contributed by atoms with Crippen LogP contribution in [0.1, 0.15) is 21.1 Å². The van der Waals surface area contributed by atoms with E-state index in [1.54, 1.807) is 6.92 Å². The Hall–Kier alpha value is -2.98. The SMILES string of the molecule is COC(=O)c1sc2nc(CSc3n[nH]c(-c4ccccc4)n3)[nH]c(=O)c2c1C. The summed E-state index contributed by atoms with van der Waals surface area (Å²) in [7, 11) is 1.31. The minimum Gasteiger partial charge on any atom is -0.465 e. The number of aromatic amines is 2. The predicted octanol–water partition coefficient (Wildman–Crippen LogP) is 3.16. The Bertz CT molecular complexity index is 1210. The van der Waals surface area contributed by atoms with Crippen LogP contribution in [0.4, 0.5) is 0 Å². The van der Waals surface area contributed by atoms with Gasteiger partial charge in [0.15, 0.2) is 5.82 Å². The van der Waals surface area contributed by atoms with E-state index in [9.17, 15) is 9.59 Å². The first-order valence-corrected chi connectivity index (χ1v) is 10.1. The average molecular weight is 413 g/mol. The second-order valence-corrected chi connectivity index (χ2v) is 7.80. The Morgan fingerprint density at radius 1 is 1.25 bits per heavy atom. The number of ether oxygens (including phenoxy) is 1. The quantitative estimate of drug-likeness (QED) is 0.382. The van der Waals surface area contributed by atoms with Crippen LogP contribution in [0.15, 0.2) is 40.3 Å². The number of carbonyl (C=O) groups excluding carboxylic acids is 1. The zero-order valence-electron chi connectivity index (χ0n) is 15.0. The van der Waals surface area contributed by atoms with Gasteiger partial charge >= 0.3 is 5.97 Å². The number of carbonyl (C=O) groups is 1. The van der Waals surface area contributed by atoms with Crippen molar-refractivity contribution in [3.05, 3.63) is 57.0 Å². The zero-order chi connectivity index (χ0) is 19.7. The molecule has 0 radical (unpaired) electrons. The highest BCUT2D eigenvalue weighted by atomic mass is 32.2. The van der Waals surface area contributed by atoms with Gasteiger partial charge in [-0.05, 0) is 12.5 Å². The van der Waals surface area contributed by atoms with Crippen molar-refractivity contribution >= 4 is 39.3 Å². The van der Waals surface area contributed by atoms with Crippen molar-refractivity contribution < 1.29 is 9.53 Å². The summed E-state index contributed by atoms with van der Waals surface area (Å²) in [5.41, 5.74) is 1.25. The second-order valence-electron chi connectivity index (χ2n) is 5.86. The number of thiophene rings is 1. The van der Waals surface area contributed by atoms with Gasteiger partial charge in [0.1, 0.15) is 15.5 Å². The zero-order valence-corrected chi connectivity index (χ0v) is 16.6. The van der Waals surface area contributed by atoms with Crippen LogP contribution in [0.2, 0.25) is 0 Å². The van der Waals surface area contributed by atoms with Gasteiger partial charge in [-0.15, -0.1) is 16.4 Å². The summed E-state index contributed by atoms with van der Waals surface area (Å²) < 4.78 is 4.77. The van der Waals surface area contributed by atoms with Crippen LogP contribution in [0, 0.1) is 6.92 Å². The summed E-state index contributed by atoms with van der Waals surface area (Å²) in [6.45, 7) is 1.72. The minimum absolute atomic E-state index is 0.274. The summed E-state index contributed by atoms with van der Waals surface area (Å²) in [5.74, 6) is 1.09. The normalized spacial score (nSPS) is 11.1. The lowest BCUT2D eigenvalue weighted by molar-refractivity contribution is 0.0605. The van der Waals surface area contributed by atoms with Crippen molar-refractivity contribution in [2.24, 2.45) is 0 Å². The van der Waals surface area contributed by atoms with Crippen LogP contribution >= 0.6 is 23.1 Å². The number of esters is 1.